The largest absolute Gasteiger partial charge is 0.390 e. The van der Waals surface area contributed by atoms with Gasteiger partial charge in [-0.15, -0.1) is 0 Å². The lowest BCUT2D eigenvalue weighted by atomic mass is 9.78. The molecule has 0 aromatic heterocycles. The van der Waals surface area contributed by atoms with Gasteiger partial charge in [-0.3, -0.25) is 0 Å². The highest BCUT2D eigenvalue weighted by atomic mass is 16.3. The molecule has 0 unspecified atom stereocenters. The molecular formula is C17H20O2. The highest BCUT2D eigenvalue weighted by molar-refractivity contribution is 5.36. The van der Waals surface area contributed by atoms with Gasteiger partial charge in [0.1, 0.15) is 5.60 Å². The fraction of sp³-hybridized carbons (Fsp3) is 0.294. The van der Waals surface area contributed by atoms with Crippen LogP contribution in [0.15, 0.2) is 60.7 Å². The van der Waals surface area contributed by atoms with Gasteiger partial charge in [0.25, 0.3) is 0 Å². The van der Waals surface area contributed by atoms with Crippen molar-refractivity contribution in [2.45, 2.75) is 31.5 Å². The highest BCUT2D eigenvalue weighted by Gasteiger charge is 2.36. The quantitative estimate of drug-likeness (QED) is 0.882. The Morgan fingerprint density at radius 2 is 1.11 bits per heavy atom. The third-order valence-electron chi connectivity index (χ3n) is 3.19. The molecule has 19 heavy (non-hydrogen) atoms. The normalized spacial score (nSPS) is 12.4. The molecule has 0 bridgehead atoms. The van der Waals surface area contributed by atoms with Crippen molar-refractivity contribution >= 4 is 0 Å². The first-order valence-corrected chi connectivity index (χ1v) is 6.48. The smallest absolute Gasteiger partial charge is 0.117 e. The molecule has 0 saturated heterocycles. The van der Waals surface area contributed by atoms with Crippen molar-refractivity contribution in [1.82, 2.24) is 0 Å². The van der Waals surface area contributed by atoms with E-state index in [1.807, 2.05) is 60.7 Å². The first kappa shape index (κ1) is 13.8. The van der Waals surface area contributed by atoms with Crippen molar-refractivity contribution in [3.05, 3.63) is 71.8 Å². The second-order valence-corrected chi connectivity index (χ2v) is 5.58. The van der Waals surface area contributed by atoms with Crippen LogP contribution in [0.25, 0.3) is 0 Å². The Labute approximate surface area is 114 Å². The van der Waals surface area contributed by atoms with Gasteiger partial charge in [0, 0.05) is 6.42 Å². The maximum Gasteiger partial charge on any atom is 0.117 e. The lowest BCUT2D eigenvalue weighted by Crippen LogP contribution is -2.36. The van der Waals surface area contributed by atoms with E-state index in [0.29, 0.717) is 0 Å². The zero-order valence-electron chi connectivity index (χ0n) is 11.4. The van der Waals surface area contributed by atoms with Gasteiger partial charge in [-0.2, -0.15) is 0 Å². The van der Waals surface area contributed by atoms with Crippen LogP contribution in [-0.4, -0.2) is 15.8 Å². The topological polar surface area (TPSA) is 40.5 Å². The molecule has 0 spiro atoms. The van der Waals surface area contributed by atoms with Crippen LogP contribution in [0.2, 0.25) is 0 Å². The minimum atomic E-state index is -1.18. The molecule has 2 heteroatoms. The van der Waals surface area contributed by atoms with Gasteiger partial charge in [0.15, 0.2) is 0 Å². The highest BCUT2D eigenvalue weighted by Crippen LogP contribution is 2.36. The SMILES string of the molecule is CC(C)(O)CC(O)(c1ccccc1)c1ccccc1. The van der Waals surface area contributed by atoms with E-state index < -0.39 is 11.2 Å². The first-order chi connectivity index (χ1) is 8.92. The van der Waals surface area contributed by atoms with E-state index in [2.05, 4.69) is 0 Å². The molecule has 2 nitrogen and oxygen atoms in total. The first-order valence-electron chi connectivity index (χ1n) is 6.48. The van der Waals surface area contributed by atoms with E-state index in [1.54, 1.807) is 13.8 Å². The molecule has 0 saturated carbocycles. The van der Waals surface area contributed by atoms with E-state index in [1.165, 1.54) is 0 Å². The van der Waals surface area contributed by atoms with E-state index in [4.69, 9.17) is 0 Å². The molecule has 0 fully saturated rings. The van der Waals surface area contributed by atoms with Crippen molar-refractivity contribution in [3.8, 4) is 0 Å². The molecule has 0 heterocycles. The Hall–Kier alpha value is -1.64. The average Bonchev–Trinajstić information content (AvgIpc) is 2.39. The van der Waals surface area contributed by atoms with Crippen LogP contribution in [0.3, 0.4) is 0 Å². The van der Waals surface area contributed by atoms with Gasteiger partial charge < -0.3 is 10.2 Å². The Balaban J connectivity index is 2.51. The number of hydrogen-bond acceptors (Lipinski definition) is 2. The zero-order chi connectivity index (χ0) is 13.9. The van der Waals surface area contributed by atoms with Gasteiger partial charge >= 0.3 is 0 Å². The van der Waals surface area contributed by atoms with Gasteiger partial charge in [0.05, 0.1) is 5.60 Å². The Bertz CT molecular complexity index is 472. The van der Waals surface area contributed by atoms with Gasteiger partial charge in [0.2, 0.25) is 0 Å². The summed E-state index contributed by atoms with van der Waals surface area (Å²) in [7, 11) is 0. The Kier molecular flexibility index (Phi) is 3.74. The van der Waals surface area contributed by atoms with Gasteiger partial charge in [-0.05, 0) is 25.0 Å². The summed E-state index contributed by atoms with van der Waals surface area (Å²) in [6.07, 6.45) is 0.244. The zero-order valence-corrected chi connectivity index (χ0v) is 11.4. The molecule has 0 atom stereocenters. The molecule has 100 valence electrons. The van der Waals surface area contributed by atoms with E-state index in [0.717, 1.165) is 11.1 Å². The van der Waals surface area contributed by atoms with E-state index in [9.17, 15) is 10.2 Å². The third-order valence-corrected chi connectivity index (χ3v) is 3.19. The van der Waals surface area contributed by atoms with Crippen LogP contribution >= 0.6 is 0 Å². The molecular weight excluding hydrogens is 236 g/mol. The predicted octanol–water partition coefficient (Wildman–Crippen LogP) is 3.08. The van der Waals surface area contributed by atoms with Crippen molar-refractivity contribution in [2.24, 2.45) is 0 Å². The van der Waals surface area contributed by atoms with Crippen LogP contribution in [0.1, 0.15) is 31.4 Å². The predicted molar refractivity (Wildman–Crippen MR) is 76.8 cm³/mol. The number of hydrogen-bond donors (Lipinski definition) is 2. The van der Waals surface area contributed by atoms with Crippen LogP contribution in [0.5, 0.6) is 0 Å². The fourth-order valence-corrected chi connectivity index (χ4v) is 2.42. The molecule has 2 aromatic rings. The molecule has 2 N–H and O–H groups in total. The number of aliphatic hydroxyl groups is 2. The van der Waals surface area contributed by atoms with Gasteiger partial charge in [-0.1, -0.05) is 60.7 Å². The van der Waals surface area contributed by atoms with Gasteiger partial charge in [-0.25, -0.2) is 0 Å². The number of benzene rings is 2. The molecule has 2 rings (SSSR count). The van der Waals surface area contributed by atoms with Crippen LogP contribution in [0.4, 0.5) is 0 Å². The summed E-state index contributed by atoms with van der Waals surface area (Å²) in [5, 5.41) is 21.2. The summed E-state index contributed by atoms with van der Waals surface area (Å²) in [6, 6.07) is 19.0. The minimum absolute atomic E-state index is 0.244. The summed E-state index contributed by atoms with van der Waals surface area (Å²) in [5.41, 5.74) is -0.548. The molecule has 2 aromatic carbocycles. The van der Waals surface area contributed by atoms with Crippen molar-refractivity contribution in [1.29, 1.82) is 0 Å². The second-order valence-electron chi connectivity index (χ2n) is 5.58. The standard InChI is InChI=1S/C17H20O2/c1-16(2,18)13-17(19,14-9-5-3-6-10-14)15-11-7-4-8-12-15/h3-12,18-19H,13H2,1-2H3. The summed E-state index contributed by atoms with van der Waals surface area (Å²) in [5.74, 6) is 0. The molecule has 0 amide bonds. The molecule has 0 radical (unpaired) electrons. The van der Waals surface area contributed by atoms with Crippen molar-refractivity contribution in [2.75, 3.05) is 0 Å². The lowest BCUT2D eigenvalue weighted by molar-refractivity contribution is -0.0259. The van der Waals surface area contributed by atoms with Crippen molar-refractivity contribution < 1.29 is 10.2 Å². The van der Waals surface area contributed by atoms with Crippen molar-refractivity contribution in [3.63, 3.8) is 0 Å². The maximum atomic E-state index is 11.1. The number of rotatable bonds is 4. The van der Waals surface area contributed by atoms with E-state index in [-0.39, 0.29) is 6.42 Å². The monoisotopic (exact) mass is 256 g/mol. The van der Waals surface area contributed by atoms with Crippen LogP contribution in [-0.2, 0) is 5.60 Å². The molecule has 0 aliphatic heterocycles. The summed E-state index contributed by atoms with van der Waals surface area (Å²) < 4.78 is 0. The summed E-state index contributed by atoms with van der Waals surface area (Å²) in [4.78, 5) is 0. The molecule has 0 aliphatic rings. The second kappa shape index (κ2) is 5.16. The van der Waals surface area contributed by atoms with Crippen LogP contribution < -0.4 is 0 Å². The lowest BCUT2D eigenvalue weighted by Gasteiger charge is -2.34. The average molecular weight is 256 g/mol. The summed E-state index contributed by atoms with van der Waals surface area (Å²) in [6.45, 7) is 3.42. The Morgan fingerprint density at radius 1 is 0.737 bits per heavy atom. The van der Waals surface area contributed by atoms with Crippen LogP contribution in [0, 0.1) is 0 Å². The van der Waals surface area contributed by atoms with E-state index >= 15 is 0 Å². The Morgan fingerprint density at radius 3 is 1.42 bits per heavy atom. The third kappa shape index (κ3) is 3.22. The summed E-state index contributed by atoms with van der Waals surface area (Å²) >= 11 is 0. The minimum Gasteiger partial charge on any atom is -0.390 e. The fourth-order valence-electron chi connectivity index (χ4n) is 2.42. The molecule has 0 aliphatic carbocycles. The maximum absolute atomic E-state index is 11.1.